The average molecular weight is 220 g/mol. The van der Waals surface area contributed by atoms with Crippen molar-refractivity contribution in [2.24, 2.45) is 0 Å². The van der Waals surface area contributed by atoms with Gasteiger partial charge in [-0.05, 0) is 25.8 Å². The molecular weight excluding hydrogens is 204 g/mol. The minimum absolute atomic E-state index is 0.283. The highest BCUT2D eigenvalue weighted by molar-refractivity contribution is 5.87. The number of carbonyl (C=O) groups is 1. The van der Waals surface area contributed by atoms with Gasteiger partial charge in [-0.1, -0.05) is 6.08 Å². The average Bonchev–Trinajstić information content (AvgIpc) is 3.05. The maximum Gasteiger partial charge on any atom is 0.333 e. The van der Waals surface area contributed by atoms with Gasteiger partial charge in [0.1, 0.15) is 0 Å². The van der Waals surface area contributed by atoms with Crippen LogP contribution in [0.25, 0.3) is 0 Å². The van der Waals surface area contributed by atoms with Crippen molar-refractivity contribution in [3.05, 3.63) is 29.6 Å². The number of hydrogen-bond donors (Lipinski definition) is 0. The van der Waals surface area contributed by atoms with Crippen molar-refractivity contribution in [3.8, 4) is 0 Å². The van der Waals surface area contributed by atoms with E-state index in [9.17, 15) is 4.79 Å². The van der Waals surface area contributed by atoms with Crippen molar-refractivity contribution in [1.29, 1.82) is 0 Å². The standard InChI is InChI=1S/C12H16N2O2/c1-9(12(15)16-2)5-7-14-8-6-11(13-14)10-3-4-10/h5-6,8,10H,3-4,7H2,1-2H3. The van der Waals surface area contributed by atoms with Crippen molar-refractivity contribution < 1.29 is 9.53 Å². The summed E-state index contributed by atoms with van der Waals surface area (Å²) in [6.07, 6.45) is 6.30. The zero-order valence-electron chi connectivity index (χ0n) is 9.64. The number of ether oxygens (including phenoxy) is 1. The Morgan fingerprint density at radius 1 is 1.69 bits per heavy atom. The van der Waals surface area contributed by atoms with Crippen LogP contribution in [-0.4, -0.2) is 22.9 Å². The van der Waals surface area contributed by atoms with Gasteiger partial charge >= 0.3 is 5.97 Å². The van der Waals surface area contributed by atoms with Crippen molar-refractivity contribution in [2.45, 2.75) is 32.2 Å². The summed E-state index contributed by atoms with van der Waals surface area (Å²) in [6.45, 7) is 2.37. The van der Waals surface area contributed by atoms with E-state index in [0.717, 1.165) is 0 Å². The van der Waals surface area contributed by atoms with E-state index in [-0.39, 0.29) is 5.97 Å². The molecule has 1 aliphatic carbocycles. The molecule has 0 aromatic carbocycles. The van der Waals surface area contributed by atoms with Crippen LogP contribution in [0, 0.1) is 0 Å². The van der Waals surface area contributed by atoms with Crippen molar-refractivity contribution in [1.82, 2.24) is 9.78 Å². The van der Waals surface area contributed by atoms with E-state index in [1.54, 1.807) is 6.92 Å². The van der Waals surface area contributed by atoms with Gasteiger partial charge in [0.15, 0.2) is 0 Å². The van der Waals surface area contributed by atoms with E-state index in [2.05, 4.69) is 15.9 Å². The van der Waals surface area contributed by atoms with E-state index >= 15 is 0 Å². The van der Waals surface area contributed by atoms with Crippen molar-refractivity contribution in [2.75, 3.05) is 7.11 Å². The Hall–Kier alpha value is -1.58. The normalized spacial score (nSPS) is 16.2. The third-order valence-electron chi connectivity index (χ3n) is 2.75. The van der Waals surface area contributed by atoms with E-state index in [4.69, 9.17) is 0 Å². The maximum atomic E-state index is 11.1. The van der Waals surface area contributed by atoms with Gasteiger partial charge in [-0.15, -0.1) is 0 Å². The van der Waals surface area contributed by atoms with Crippen molar-refractivity contribution in [3.63, 3.8) is 0 Å². The number of aromatic nitrogens is 2. The largest absolute Gasteiger partial charge is 0.466 e. The molecule has 0 amide bonds. The summed E-state index contributed by atoms with van der Waals surface area (Å²) in [7, 11) is 1.39. The Bertz CT molecular complexity index is 416. The van der Waals surface area contributed by atoms with Crippen LogP contribution in [-0.2, 0) is 16.1 Å². The van der Waals surface area contributed by atoms with Gasteiger partial charge in [-0.2, -0.15) is 5.10 Å². The van der Waals surface area contributed by atoms with Crippen LogP contribution < -0.4 is 0 Å². The molecule has 2 rings (SSSR count). The summed E-state index contributed by atoms with van der Waals surface area (Å²) < 4.78 is 6.46. The molecule has 16 heavy (non-hydrogen) atoms. The molecule has 1 saturated carbocycles. The molecule has 1 fully saturated rings. The lowest BCUT2D eigenvalue weighted by Gasteiger charge is -1.99. The van der Waals surface area contributed by atoms with Crippen LogP contribution in [0.4, 0.5) is 0 Å². The second-order valence-corrected chi connectivity index (χ2v) is 4.12. The molecule has 0 spiro atoms. The lowest BCUT2D eigenvalue weighted by atomic mass is 10.3. The fourth-order valence-electron chi connectivity index (χ4n) is 1.55. The molecular formula is C12H16N2O2. The third-order valence-corrected chi connectivity index (χ3v) is 2.75. The van der Waals surface area contributed by atoms with Crippen LogP contribution in [0.2, 0.25) is 0 Å². The molecule has 0 atom stereocenters. The third kappa shape index (κ3) is 2.51. The first-order chi connectivity index (χ1) is 7.70. The smallest absolute Gasteiger partial charge is 0.333 e. The molecule has 0 radical (unpaired) electrons. The predicted molar refractivity (Wildman–Crippen MR) is 60.0 cm³/mol. The second-order valence-electron chi connectivity index (χ2n) is 4.12. The number of hydrogen-bond acceptors (Lipinski definition) is 3. The van der Waals surface area contributed by atoms with E-state index in [0.29, 0.717) is 18.0 Å². The highest BCUT2D eigenvalue weighted by atomic mass is 16.5. The highest BCUT2D eigenvalue weighted by Crippen LogP contribution is 2.38. The zero-order chi connectivity index (χ0) is 11.5. The number of allylic oxidation sites excluding steroid dienone is 1. The SMILES string of the molecule is COC(=O)C(C)=CCn1ccc(C2CC2)n1. The van der Waals surface area contributed by atoms with Gasteiger partial charge in [0.2, 0.25) is 0 Å². The summed E-state index contributed by atoms with van der Waals surface area (Å²) in [5.41, 5.74) is 1.79. The molecule has 0 bridgehead atoms. The summed E-state index contributed by atoms with van der Waals surface area (Å²) in [5.74, 6) is 0.390. The summed E-state index contributed by atoms with van der Waals surface area (Å²) >= 11 is 0. The Labute approximate surface area is 94.9 Å². The lowest BCUT2D eigenvalue weighted by molar-refractivity contribution is -0.136. The minimum atomic E-state index is -0.283. The summed E-state index contributed by atoms with van der Waals surface area (Å²) in [6, 6.07) is 2.05. The van der Waals surface area contributed by atoms with Gasteiger partial charge in [-0.3, -0.25) is 4.68 Å². The van der Waals surface area contributed by atoms with E-state index < -0.39 is 0 Å². The molecule has 4 heteroatoms. The summed E-state index contributed by atoms with van der Waals surface area (Å²) in [5, 5.41) is 4.45. The van der Waals surface area contributed by atoms with Crippen molar-refractivity contribution >= 4 is 5.97 Å². The molecule has 1 aromatic heterocycles. The van der Waals surface area contributed by atoms with E-state index in [1.165, 1.54) is 25.6 Å². The number of rotatable bonds is 4. The minimum Gasteiger partial charge on any atom is -0.466 e. The molecule has 1 heterocycles. The number of nitrogens with zero attached hydrogens (tertiary/aromatic N) is 2. The Kier molecular flexibility index (Phi) is 3.08. The van der Waals surface area contributed by atoms with E-state index in [1.807, 2.05) is 17.0 Å². The monoisotopic (exact) mass is 220 g/mol. The highest BCUT2D eigenvalue weighted by Gasteiger charge is 2.25. The fraction of sp³-hybridized carbons (Fsp3) is 0.500. The van der Waals surface area contributed by atoms with Crippen LogP contribution in [0.5, 0.6) is 0 Å². The summed E-state index contributed by atoms with van der Waals surface area (Å²) in [4.78, 5) is 11.1. The van der Waals surface area contributed by atoms with Crippen LogP contribution >= 0.6 is 0 Å². The van der Waals surface area contributed by atoms with Gasteiger partial charge in [0.25, 0.3) is 0 Å². The van der Waals surface area contributed by atoms with Crippen LogP contribution in [0.1, 0.15) is 31.4 Å². The molecule has 1 aromatic rings. The topological polar surface area (TPSA) is 44.1 Å². The molecule has 1 aliphatic rings. The van der Waals surface area contributed by atoms with Gasteiger partial charge in [-0.25, -0.2) is 4.79 Å². The number of methoxy groups -OCH3 is 1. The molecule has 86 valence electrons. The molecule has 0 aliphatic heterocycles. The zero-order valence-corrected chi connectivity index (χ0v) is 9.64. The molecule has 0 saturated heterocycles. The first kappa shape index (κ1) is 10.9. The lowest BCUT2D eigenvalue weighted by Crippen LogP contribution is -2.04. The van der Waals surface area contributed by atoms with Gasteiger partial charge < -0.3 is 4.74 Å². The number of carbonyl (C=O) groups excluding carboxylic acids is 1. The Morgan fingerprint density at radius 3 is 3.06 bits per heavy atom. The first-order valence-corrected chi connectivity index (χ1v) is 5.49. The quantitative estimate of drug-likeness (QED) is 0.575. The molecule has 0 unspecified atom stereocenters. The first-order valence-electron chi connectivity index (χ1n) is 5.49. The number of esters is 1. The van der Waals surface area contributed by atoms with Crippen LogP contribution in [0.15, 0.2) is 23.9 Å². The Balaban J connectivity index is 1.95. The fourth-order valence-corrected chi connectivity index (χ4v) is 1.55. The van der Waals surface area contributed by atoms with Gasteiger partial charge in [0.05, 0.1) is 19.3 Å². The molecule has 4 nitrogen and oxygen atoms in total. The maximum absolute atomic E-state index is 11.1. The predicted octanol–water partition coefficient (Wildman–Crippen LogP) is 1.88. The second kappa shape index (κ2) is 4.51. The Morgan fingerprint density at radius 2 is 2.44 bits per heavy atom. The molecule has 0 N–H and O–H groups in total. The van der Waals surface area contributed by atoms with Gasteiger partial charge in [0, 0.05) is 17.7 Å². The van der Waals surface area contributed by atoms with Crippen LogP contribution in [0.3, 0.4) is 0 Å².